The number of thiazole rings is 1. The van der Waals surface area contributed by atoms with Crippen LogP contribution in [0.15, 0.2) is 46.8 Å². The highest BCUT2D eigenvalue weighted by Crippen LogP contribution is 2.35. The van der Waals surface area contributed by atoms with Crippen molar-refractivity contribution in [2.45, 2.75) is 36.7 Å². The number of halogens is 4. The minimum atomic E-state index is -4.36. The maximum Gasteiger partial charge on any atom is 0.390 e. The van der Waals surface area contributed by atoms with Crippen LogP contribution in [0.5, 0.6) is 0 Å². The van der Waals surface area contributed by atoms with Gasteiger partial charge in [-0.25, -0.2) is 17.8 Å². The first-order valence-corrected chi connectivity index (χ1v) is 14.0. The highest BCUT2D eigenvalue weighted by molar-refractivity contribution is 7.91. The van der Waals surface area contributed by atoms with Crippen LogP contribution >= 0.6 is 11.3 Å². The van der Waals surface area contributed by atoms with Gasteiger partial charge in [0.2, 0.25) is 0 Å². The van der Waals surface area contributed by atoms with Gasteiger partial charge in [-0.1, -0.05) is 0 Å². The van der Waals surface area contributed by atoms with Gasteiger partial charge in [-0.05, 0) is 61.4 Å². The maximum absolute atomic E-state index is 13.3. The molecule has 2 aromatic carbocycles. The van der Waals surface area contributed by atoms with E-state index < -0.39 is 34.5 Å². The van der Waals surface area contributed by atoms with Crippen LogP contribution in [0.1, 0.15) is 34.2 Å². The van der Waals surface area contributed by atoms with E-state index in [2.05, 4.69) is 10.3 Å². The van der Waals surface area contributed by atoms with Gasteiger partial charge in [0.1, 0.15) is 5.82 Å². The van der Waals surface area contributed by atoms with Crippen molar-refractivity contribution in [2.75, 3.05) is 31.5 Å². The normalized spacial score (nSPS) is 17.5. The maximum atomic E-state index is 13.3. The fraction of sp³-hybridized carbons (Fsp3) is 0.360. The van der Waals surface area contributed by atoms with Crippen LogP contribution in [0.4, 0.5) is 28.9 Å². The summed E-state index contributed by atoms with van der Waals surface area (Å²) in [6.07, 6.45) is -2.96. The zero-order chi connectivity index (χ0) is 27.7. The molecule has 1 aromatic heterocycles. The third-order valence-corrected chi connectivity index (χ3v) is 9.62. The molecule has 1 atom stereocenters. The predicted molar refractivity (Wildman–Crippen MR) is 139 cm³/mol. The molecule has 0 radical (unpaired) electrons. The quantitative estimate of drug-likeness (QED) is 0.271. The Balaban J connectivity index is 1.69. The number of nitrogens with one attached hydrogen (secondary N) is 2. The van der Waals surface area contributed by atoms with Crippen LogP contribution in [-0.4, -0.2) is 61.2 Å². The van der Waals surface area contributed by atoms with Crippen molar-refractivity contribution in [1.82, 2.24) is 14.2 Å². The number of sulfonamides is 1. The minimum absolute atomic E-state index is 0.0415. The number of hydrogen-bond donors (Lipinski definition) is 2. The summed E-state index contributed by atoms with van der Waals surface area (Å²) >= 11 is 1.05. The Kier molecular flexibility index (Phi) is 8.21. The minimum Gasteiger partial charge on any atom is -0.355 e. The van der Waals surface area contributed by atoms with E-state index in [1.807, 2.05) is 0 Å². The second-order valence-corrected chi connectivity index (χ2v) is 12.5. The standard InChI is InChI=1S/C25H27F4N5O2S2/c1-16-11-22(32-20-5-3-19(26)4-6-20)18(13-30)12-21(16)23-15-34(10-9-33(23)8-7-25(27,28)29)38(35,36)24-14-31-17(2)37-24/h3-6,11-14,23,30,32H,7-10,15H2,1-2H3/t23-/m1/s1. The van der Waals surface area contributed by atoms with Gasteiger partial charge in [0.15, 0.2) is 4.21 Å². The number of benzene rings is 2. The average molecular weight is 570 g/mol. The molecule has 1 aliphatic heterocycles. The third-order valence-electron chi connectivity index (χ3n) is 6.41. The molecule has 7 nitrogen and oxygen atoms in total. The summed E-state index contributed by atoms with van der Waals surface area (Å²) in [5.41, 5.74) is 2.98. The van der Waals surface area contributed by atoms with Crippen molar-refractivity contribution >= 4 is 38.9 Å². The van der Waals surface area contributed by atoms with Gasteiger partial charge >= 0.3 is 6.18 Å². The van der Waals surface area contributed by atoms with Gasteiger partial charge in [-0.2, -0.15) is 17.5 Å². The molecule has 1 aliphatic rings. The van der Waals surface area contributed by atoms with Crippen molar-refractivity contribution in [3.8, 4) is 0 Å². The molecule has 0 saturated carbocycles. The van der Waals surface area contributed by atoms with E-state index in [0.29, 0.717) is 27.5 Å². The number of aromatic nitrogens is 1. The summed E-state index contributed by atoms with van der Waals surface area (Å²) in [7, 11) is -3.88. The van der Waals surface area contributed by atoms with Gasteiger partial charge in [0.05, 0.1) is 17.6 Å². The van der Waals surface area contributed by atoms with E-state index in [9.17, 15) is 26.0 Å². The lowest BCUT2D eigenvalue weighted by Gasteiger charge is -2.41. The molecule has 13 heteroatoms. The summed E-state index contributed by atoms with van der Waals surface area (Å²) in [4.78, 5) is 5.69. The lowest BCUT2D eigenvalue weighted by Crippen LogP contribution is -2.51. The molecule has 1 saturated heterocycles. The van der Waals surface area contributed by atoms with Crippen molar-refractivity contribution in [1.29, 1.82) is 5.41 Å². The molecule has 0 bridgehead atoms. The van der Waals surface area contributed by atoms with Crippen molar-refractivity contribution < 1.29 is 26.0 Å². The van der Waals surface area contributed by atoms with Crippen LogP contribution in [0.25, 0.3) is 0 Å². The van der Waals surface area contributed by atoms with Crippen LogP contribution in [0, 0.1) is 25.1 Å². The first-order valence-electron chi connectivity index (χ1n) is 11.8. The molecule has 0 amide bonds. The Morgan fingerprint density at radius 2 is 1.89 bits per heavy atom. The van der Waals surface area contributed by atoms with Gasteiger partial charge < -0.3 is 10.7 Å². The van der Waals surface area contributed by atoms with E-state index in [0.717, 1.165) is 23.1 Å². The largest absolute Gasteiger partial charge is 0.390 e. The lowest BCUT2D eigenvalue weighted by atomic mass is 9.94. The predicted octanol–water partition coefficient (Wildman–Crippen LogP) is 5.64. The van der Waals surface area contributed by atoms with Gasteiger partial charge in [0.25, 0.3) is 10.0 Å². The fourth-order valence-corrected chi connectivity index (χ4v) is 7.15. The topological polar surface area (TPSA) is 89.4 Å². The third kappa shape index (κ3) is 6.40. The summed E-state index contributed by atoms with van der Waals surface area (Å²) in [5.74, 6) is -0.390. The first kappa shape index (κ1) is 28.1. The zero-order valence-corrected chi connectivity index (χ0v) is 22.4. The molecule has 2 N–H and O–H groups in total. The van der Waals surface area contributed by atoms with E-state index in [-0.39, 0.29) is 30.4 Å². The van der Waals surface area contributed by atoms with E-state index in [1.54, 1.807) is 43.0 Å². The highest BCUT2D eigenvalue weighted by Gasteiger charge is 2.38. The van der Waals surface area contributed by atoms with Crippen molar-refractivity contribution in [3.63, 3.8) is 0 Å². The van der Waals surface area contributed by atoms with Crippen LogP contribution < -0.4 is 5.32 Å². The molecule has 0 unspecified atom stereocenters. The number of anilines is 2. The van der Waals surface area contributed by atoms with Gasteiger partial charge in [0, 0.05) is 55.4 Å². The average Bonchev–Trinajstić information content (AvgIpc) is 3.31. The number of alkyl halides is 3. The summed E-state index contributed by atoms with van der Waals surface area (Å²) in [6, 6.07) is 8.51. The Bertz CT molecular complexity index is 1410. The molecule has 38 heavy (non-hydrogen) atoms. The highest BCUT2D eigenvalue weighted by atomic mass is 32.2. The molecule has 2 heterocycles. The second-order valence-electron chi connectivity index (χ2n) is 9.05. The molecule has 0 aliphatic carbocycles. The van der Waals surface area contributed by atoms with E-state index in [4.69, 9.17) is 5.41 Å². The number of hydrogen-bond acceptors (Lipinski definition) is 7. The molecule has 0 spiro atoms. The fourth-order valence-electron chi connectivity index (χ4n) is 4.45. The molecular formula is C25H27F4N5O2S2. The summed E-state index contributed by atoms with van der Waals surface area (Å²) in [6.45, 7) is 3.34. The lowest BCUT2D eigenvalue weighted by molar-refractivity contribution is -0.140. The zero-order valence-electron chi connectivity index (χ0n) is 20.7. The Labute approximate surface area is 222 Å². The number of nitrogens with zero attached hydrogens (tertiary/aromatic N) is 3. The molecular weight excluding hydrogens is 542 g/mol. The SMILES string of the molecule is Cc1ncc(S(=O)(=O)N2CCN(CCC(F)(F)F)[C@@H](c3cc(C=N)c(Nc4ccc(F)cc4)cc3C)C2)s1. The van der Waals surface area contributed by atoms with Crippen molar-refractivity contribution in [3.05, 3.63) is 70.1 Å². The Morgan fingerprint density at radius 3 is 2.50 bits per heavy atom. The summed E-state index contributed by atoms with van der Waals surface area (Å²) in [5, 5.41) is 11.7. The number of aryl methyl sites for hydroxylation is 2. The Hall–Kier alpha value is -2.87. The molecule has 204 valence electrons. The van der Waals surface area contributed by atoms with Crippen LogP contribution in [-0.2, 0) is 10.0 Å². The smallest absolute Gasteiger partial charge is 0.355 e. The first-order chi connectivity index (χ1) is 17.9. The summed E-state index contributed by atoms with van der Waals surface area (Å²) < 4.78 is 80.7. The van der Waals surface area contributed by atoms with Crippen LogP contribution in [0.3, 0.4) is 0 Å². The van der Waals surface area contributed by atoms with Crippen LogP contribution in [0.2, 0.25) is 0 Å². The molecule has 3 aromatic rings. The van der Waals surface area contributed by atoms with E-state index in [1.165, 1.54) is 22.6 Å². The van der Waals surface area contributed by atoms with Gasteiger partial charge in [-0.3, -0.25) is 4.90 Å². The van der Waals surface area contributed by atoms with E-state index >= 15 is 0 Å². The monoisotopic (exact) mass is 569 g/mol. The Morgan fingerprint density at radius 1 is 1.18 bits per heavy atom. The number of rotatable bonds is 8. The molecule has 1 fully saturated rings. The number of piperazine rings is 1. The van der Waals surface area contributed by atoms with Crippen molar-refractivity contribution in [2.24, 2.45) is 0 Å². The molecule has 4 rings (SSSR count). The second kappa shape index (κ2) is 11.1. The van der Waals surface area contributed by atoms with Gasteiger partial charge in [-0.15, -0.1) is 11.3 Å².